The largest absolute Gasteiger partial charge is 0.345 e. The Labute approximate surface area is 160 Å². The number of aromatic nitrogens is 3. The molecule has 0 bridgehead atoms. The number of sulfonamides is 1. The molecule has 0 aromatic carbocycles. The minimum atomic E-state index is -3.64. The molecular weight excluding hydrogens is 386 g/mol. The number of aromatic amines is 1. The summed E-state index contributed by atoms with van der Waals surface area (Å²) in [4.78, 5) is 25.7. The van der Waals surface area contributed by atoms with Crippen LogP contribution < -0.4 is 0 Å². The summed E-state index contributed by atoms with van der Waals surface area (Å²) in [5.74, 6) is -0.0198. The first-order valence-electron chi connectivity index (χ1n) is 8.56. The second kappa shape index (κ2) is 7.02. The average molecular weight is 406 g/mol. The van der Waals surface area contributed by atoms with E-state index in [0.717, 1.165) is 10.7 Å². The zero-order valence-electron chi connectivity index (χ0n) is 14.8. The summed E-state index contributed by atoms with van der Waals surface area (Å²) in [6.07, 6.45) is 3.35. The lowest BCUT2D eigenvalue weighted by Crippen LogP contribution is -2.50. The van der Waals surface area contributed by atoms with Gasteiger partial charge in [-0.25, -0.2) is 18.4 Å². The Balaban J connectivity index is 1.44. The van der Waals surface area contributed by atoms with Crippen molar-refractivity contribution in [3.8, 4) is 0 Å². The van der Waals surface area contributed by atoms with Crippen LogP contribution in [0.3, 0.4) is 0 Å². The Morgan fingerprint density at radius 1 is 1.30 bits per heavy atom. The summed E-state index contributed by atoms with van der Waals surface area (Å²) in [6.45, 7) is 3.21. The normalized spacial score (nSPS) is 16.1. The van der Waals surface area contributed by atoms with Crippen molar-refractivity contribution in [3.05, 3.63) is 40.6 Å². The molecule has 1 aliphatic heterocycles. The highest BCUT2D eigenvalue weighted by Gasteiger charge is 2.32. The van der Waals surface area contributed by atoms with E-state index in [9.17, 15) is 13.2 Å². The maximum absolute atomic E-state index is 13.0. The lowest BCUT2D eigenvalue weighted by Gasteiger charge is -2.33. The van der Waals surface area contributed by atoms with Gasteiger partial charge in [0.05, 0.1) is 17.1 Å². The Morgan fingerprint density at radius 3 is 2.78 bits per heavy atom. The highest BCUT2D eigenvalue weighted by Crippen LogP contribution is 2.25. The van der Waals surface area contributed by atoms with Gasteiger partial charge in [0.1, 0.15) is 10.5 Å². The molecule has 27 heavy (non-hydrogen) atoms. The Bertz CT molecular complexity index is 1080. The summed E-state index contributed by atoms with van der Waals surface area (Å²) >= 11 is 1.52. The van der Waals surface area contributed by atoms with E-state index >= 15 is 0 Å². The van der Waals surface area contributed by atoms with Gasteiger partial charge >= 0.3 is 0 Å². The van der Waals surface area contributed by atoms with E-state index in [2.05, 4.69) is 15.0 Å². The van der Waals surface area contributed by atoms with Gasteiger partial charge in [-0.2, -0.15) is 4.31 Å². The number of aryl methyl sites for hydroxylation is 1. The second-order valence-corrected chi connectivity index (χ2v) is 9.34. The smallest absolute Gasteiger partial charge is 0.245 e. The predicted molar refractivity (Wildman–Crippen MR) is 102 cm³/mol. The SMILES string of the molecule is Cc1nc(CC(=O)N2CCN(S(=O)(=O)c3c[nH]c4ncccc34)CC2)cs1. The van der Waals surface area contributed by atoms with Crippen LogP contribution in [0.1, 0.15) is 10.7 Å². The van der Waals surface area contributed by atoms with Crippen LogP contribution in [0, 0.1) is 6.92 Å². The molecule has 1 saturated heterocycles. The second-order valence-electron chi connectivity index (χ2n) is 6.37. The van der Waals surface area contributed by atoms with Crippen molar-refractivity contribution in [1.29, 1.82) is 0 Å². The van der Waals surface area contributed by atoms with Crippen LogP contribution in [0.2, 0.25) is 0 Å². The van der Waals surface area contributed by atoms with Gasteiger partial charge in [-0.15, -0.1) is 11.3 Å². The highest BCUT2D eigenvalue weighted by molar-refractivity contribution is 7.89. The van der Waals surface area contributed by atoms with Gasteiger partial charge < -0.3 is 9.88 Å². The molecule has 0 atom stereocenters. The molecule has 1 aliphatic rings. The van der Waals surface area contributed by atoms with Crippen molar-refractivity contribution < 1.29 is 13.2 Å². The van der Waals surface area contributed by atoms with Gasteiger partial charge in [-0.05, 0) is 19.1 Å². The topological polar surface area (TPSA) is 99.3 Å². The number of carbonyl (C=O) groups excluding carboxylic acids is 1. The monoisotopic (exact) mass is 405 g/mol. The Morgan fingerprint density at radius 2 is 2.07 bits per heavy atom. The molecule has 1 amide bonds. The molecule has 4 heterocycles. The van der Waals surface area contributed by atoms with Gasteiger partial charge in [-0.3, -0.25) is 4.79 Å². The fourth-order valence-corrected chi connectivity index (χ4v) is 5.40. The molecule has 1 N–H and O–H groups in total. The van der Waals surface area contributed by atoms with E-state index in [-0.39, 0.29) is 30.3 Å². The number of piperazine rings is 1. The molecule has 10 heteroatoms. The third kappa shape index (κ3) is 3.47. The number of nitrogens with zero attached hydrogens (tertiary/aromatic N) is 4. The maximum atomic E-state index is 13.0. The number of fused-ring (bicyclic) bond motifs is 1. The number of hydrogen-bond acceptors (Lipinski definition) is 6. The lowest BCUT2D eigenvalue weighted by atomic mass is 10.2. The zero-order chi connectivity index (χ0) is 19.0. The molecule has 0 radical (unpaired) electrons. The summed E-state index contributed by atoms with van der Waals surface area (Å²) < 4.78 is 27.4. The van der Waals surface area contributed by atoms with Crippen LogP contribution in [0.25, 0.3) is 11.0 Å². The molecule has 3 aromatic heterocycles. The number of hydrogen-bond donors (Lipinski definition) is 1. The number of nitrogens with one attached hydrogen (secondary N) is 1. The minimum absolute atomic E-state index is 0.0198. The quantitative estimate of drug-likeness (QED) is 0.707. The molecule has 0 aliphatic carbocycles. The average Bonchev–Trinajstić information content (AvgIpc) is 3.28. The van der Waals surface area contributed by atoms with E-state index < -0.39 is 10.0 Å². The molecule has 0 saturated carbocycles. The van der Waals surface area contributed by atoms with Crippen LogP contribution >= 0.6 is 11.3 Å². The van der Waals surface area contributed by atoms with Crippen molar-refractivity contribution in [2.45, 2.75) is 18.2 Å². The van der Waals surface area contributed by atoms with Crippen molar-refractivity contribution in [2.75, 3.05) is 26.2 Å². The first-order chi connectivity index (χ1) is 12.9. The van der Waals surface area contributed by atoms with E-state index in [1.165, 1.54) is 21.8 Å². The van der Waals surface area contributed by atoms with E-state index in [4.69, 9.17) is 0 Å². The third-order valence-corrected chi connectivity index (χ3v) is 7.38. The fraction of sp³-hybridized carbons (Fsp3) is 0.353. The zero-order valence-corrected chi connectivity index (χ0v) is 16.4. The van der Waals surface area contributed by atoms with Crippen molar-refractivity contribution in [3.63, 3.8) is 0 Å². The van der Waals surface area contributed by atoms with Gasteiger partial charge in [0.2, 0.25) is 15.9 Å². The van der Waals surface area contributed by atoms with Gasteiger partial charge in [0, 0.05) is 49.3 Å². The molecule has 142 valence electrons. The van der Waals surface area contributed by atoms with Crippen molar-refractivity contribution in [1.82, 2.24) is 24.2 Å². The lowest BCUT2D eigenvalue weighted by molar-refractivity contribution is -0.131. The molecule has 1 fully saturated rings. The van der Waals surface area contributed by atoms with Crippen molar-refractivity contribution >= 4 is 38.3 Å². The van der Waals surface area contributed by atoms with Crippen LogP contribution in [0.15, 0.2) is 34.8 Å². The molecule has 0 spiro atoms. The van der Waals surface area contributed by atoms with Crippen LogP contribution in [0.5, 0.6) is 0 Å². The molecule has 3 aromatic rings. The number of thiazole rings is 1. The number of rotatable bonds is 4. The first kappa shape index (κ1) is 18.1. The van der Waals surface area contributed by atoms with Crippen LogP contribution in [-0.4, -0.2) is 64.7 Å². The van der Waals surface area contributed by atoms with E-state index in [1.54, 1.807) is 23.2 Å². The number of carbonyl (C=O) groups is 1. The van der Waals surface area contributed by atoms with Crippen molar-refractivity contribution in [2.24, 2.45) is 0 Å². The van der Waals surface area contributed by atoms with Crippen LogP contribution in [0.4, 0.5) is 0 Å². The van der Waals surface area contributed by atoms with Gasteiger partial charge in [-0.1, -0.05) is 0 Å². The summed E-state index contributed by atoms with van der Waals surface area (Å²) in [6, 6.07) is 3.45. The Hall–Kier alpha value is -2.30. The van der Waals surface area contributed by atoms with Gasteiger partial charge in [0.15, 0.2) is 0 Å². The van der Waals surface area contributed by atoms with Gasteiger partial charge in [0.25, 0.3) is 0 Å². The molecule has 8 nitrogen and oxygen atoms in total. The number of amides is 1. The fourth-order valence-electron chi connectivity index (χ4n) is 3.22. The van der Waals surface area contributed by atoms with E-state index in [1.807, 2.05) is 12.3 Å². The van der Waals surface area contributed by atoms with Crippen LogP contribution in [-0.2, 0) is 21.2 Å². The molecular formula is C17H19N5O3S2. The predicted octanol–water partition coefficient (Wildman–Crippen LogP) is 1.40. The Kier molecular flexibility index (Phi) is 4.70. The highest BCUT2D eigenvalue weighted by atomic mass is 32.2. The maximum Gasteiger partial charge on any atom is 0.245 e. The summed E-state index contributed by atoms with van der Waals surface area (Å²) in [5.41, 5.74) is 1.31. The standard InChI is InChI=1S/C17H19N5O3S2/c1-12-20-13(11-26-12)9-16(23)21-5-7-22(8-6-21)27(24,25)15-10-19-17-14(15)3-2-4-18-17/h2-4,10-11H,5-9H2,1H3,(H,18,19). The molecule has 0 unspecified atom stereocenters. The third-order valence-electron chi connectivity index (χ3n) is 4.62. The van der Waals surface area contributed by atoms with E-state index in [0.29, 0.717) is 24.1 Å². The summed E-state index contributed by atoms with van der Waals surface area (Å²) in [5, 5.41) is 3.40. The minimum Gasteiger partial charge on any atom is -0.345 e. The first-order valence-corrected chi connectivity index (χ1v) is 10.9. The number of H-pyrrole nitrogens is 1. The number of pyridine rings is 1. The molecule has 4 rings (SSSR count). The summed E-state index contributed by atoms with van der Waals surface area (Å²) in [7, 11) is -3.64.